The van der Waals surface area contributed by atoms with Crippen LogP contribution in [0.25, 0.3) is 11.2 Å². The molecule has 5 rings (SSSR count). The van der Waals surface area contributed by atoms with Crippen molar-refractivity contribution >= 4 is 28.9 Å². The quantitative estimate of drug-likeness (QED) is 0.222. The Morgan fingerprint density at radius 3 is 2.38 bits per heavy atom. The molecular formula is C30H41N7O2. The molecule has 0 bridgehead atoms. The highest BCUT2D eigenvalue weighted by Gasteiger charge is 2.29. The van der Waals surface area contributed by atoms with Crippen molar-refractivity contribution in [1.29, 1.82) is 0 Å². The molecule has 3 aromatic rings. The van der Waals surface area contributed by atoms with Crippen molar-refractivity contribution in [3.63, 3.8) is 0 Å². The Hall–Kier alpha value is -3.49. The van der Waals surface area contributed by atoms with E-state index in [1.807, 2.05) is 6.07 Å². The fraction of sp³-hybridized carbons (Fsp3) is 0.567. The molecule has 2 saturated carbocycles. The molecule has 2 atom stereocenters. The predicted molar refractivity (Wildman–Crippen MR) is 154 cm³/mol. The fourth-order valence-electron chi connectivity index (χ4n) is 6.18. The van der Waals surface area contributed by atoms with Crippen molar-refractivity contribution in [2.24, 2.45) is 28.5 Å². The van der Waals surface area contributed by atoms with Gasteiger partial charge in [-0.05, 0) is 55.9 Å². The number of imidazole rings is 1. The molecule has 0 saturated heterocycles. The van der Waals surface area contributed by atoms with Crippen LogP contribution in [0.5, 0.6) is 0 Å². The molecule has 39 heavy (non-hydrogen) atoms. The number of aliphatic imine (C=N–C) groups is 1. The number of hydrogen-bond donors (Lipinski definition) is 3. The van der Waals surface area contributed by atoms with E-state index in [0.717, 1.165) is 23.8 Å². The van der Waals surface area contributed by atoms with E-state index in [1.54, 1.807) is 0 Å². The molecule has 2 unspecified atom stereocenters. The third-order valence-corrected chi connectivity index (χ3v) is 8.97. The first kappa shape index (κ1) is 27.1. The van der Waals surface area contributed by atoms with Crippen LogP contribution in [0.1, 0.15) is 95.3 Å². The minimum atomic E-state index is -1.37. The zero-order chi connectivity index (χ0) is 27.5. The number of rotatable bonds is 9. The second kappa shape index (κ2) is 11.7. The molecule has 2 aromatic heterocycles. The molecule has 0 aliphatic heterocycles. The molecule has 0 radical (unpaired) electrons. The Kier molecular flexibility index (Phi) is 8.14. The summed E-state index contributed by atoms with van der Waals surface area (Å²) in [6.45, 7) is 7.52. The largest absolute Gasteiger partial charge is 0.463 e. The summed E-state index contributed by atoms with van der Waals surface area (Å²) in [4.78, 5) is 29.2. The molecule has 1 aromatic carbocycles. The highest BCUT2D eigenvalue weighted by atomic mass is 16.4. The van der Waals surface area contributed by atoms with Gasteiger partial charge in [0.1, 0.15) is 11.3 Å². The summed E-state index contributed by atoms with van der Waals surface area (Å²) in [6, 6.07) is 10.6. The van der Waals surface area contributed by atoms with E-state index < -0.39 is 6.09 Å². The van der Waals surface area contributed by atoms with Crippen molar-refractivity contribution in [3.05, 3.63) is 47.5 Å². The van der Waals surface area contributed by atoms with Gasteiger partial charge in [0.2, 0.25) is 0 Å². The van der Waals surface area contributed by atoms with Gasteiger partial charge in [0.25, 0.3) is 0 Å². The van der Waals surface area contributed by atoms with E-state index in [4.69, 9.17) is 15.7 Å². The zero-order valence-corrected chi connectivity index (χ0v) is 23.3. The maximum absolute atomic E-state index is 11.3. The van der Waals surface area contributed by atoms with Gasteiger partial charge in [0, 0.05) is 18.5 Å². The third-order valence-electron chi connectivity index (χ3n) is 8.97. The molecule has 2 aliphatic carbocycles. The van der Waals surface area contributed by atoms with E-state index in [9.17, 15) is 9.90 Å². The maximum Gasteiger partial charge on any atom is 0.433 e. The van der Waals surface area contributed by atoms with Crippen LogP contribution in [0.15, 0.2) is 35.3 Å². The molecular weight excluding hydrogens is 490 g/mol. The van der Waals surface area contributed by atoms with Crippen molar-refractivity contribution in [1.82, 2.24) is 19.5 Å². The van der Waals surface area contributed by atoms with Crippen LogP contribution in [-0.2, 0) is 6.54 Å². The SMILES string of the molecule is CCC1CCC(Cn2c(C(C)c3ccccc3)nc3nc(C(N)=NC(=O)O)nc(NC(C)C4CCC4)c32)CC1. The maximum atomic E-state index is 11.3. The highest BCUT2D eigenvalue weighted by Crippen LogP contribution is 2.37. The monoisotopic (exact) mass is 531 g/mol. The van der Waals surface area contributed by atoms with Crippen LogP contribution in [0, 0.1) is 17.8 Å². The lowest BCUT2D eigenvalue weighted by atomic mass is 9.80. The predicted octanol–water partition coefficient (Wildman–Crippen LogP) is 6.18. The lowest BCUT2D eigenvalue weighted by Gasteiger charge is -2.32. The number of amides is 1. The molecule has 2 fully saturated rings. The Morgan fingerprint density at radius 2 is 1.77 bits per heavy atom. The second-order valence-electron chi connectivity index (χ2n) is 11.5. The number of benzene rings is 1. The summed E-state index contributed by atoms with van der Waals surface area (Å²) in [6.07, 6.45) is 8.44. The number of carboxylic acid groups (broad SMARTS) is 1. The summed E-state index contributed by atoms with van der Waals surface area (Å²) in [5.41, 5.74) is 8.60. The molecule has 2 aliphatic rings. The Morgan fingerprint density at radius 1 is 1.08 bits per heavy atom. The highest BCUT2D eigenvalue weighted by molar-refractivity contribution is 6.01. The average molecular weight is 532 g/mol. The summed E-state index contributed by atoms with van der Waals surface area (Å²) >= 11 is 0. The van der Waals surface area contributed by atoms with Gasteiger partial charge in [-0.15, -0.1) is 0 Å². The summed E-state index contributed by atoms with van der Waals surface area (Å²) < 4.78 is 2.33. The van der Waals surface area contributed by atoms with Gasteiger partial charge < -0.3 is 20.7 Å². The molecule has 4 N–H and O–H groups in total. The number of aromatic nitrogens is 4. The average Bonchev–Trinajstić information content (AvgIpc) is 3.26. The van der Waals surface area contributed by atoms with Crippen molar-refractivity contribution in [2.75, 3.05) is 5.32 Å². The number of fused-ring (bicyclic) bond motifs is 1. The standard InChI is InChI=1S/C30H41N7O2/c1-4-20-13-15-21(16-14-20)17-37-24-26(32-19(3)23-11-8-12-23)34-28(25(31)33-30(38)39)35-27(24)36-29(37)18(2)22-9-6-5-7-10-22/h5-7,9-10,18-21,23H,4,8,11-17H2,1-3H3,(H2,31,33)(H,38,39)(H,32,34,35). The van der Waals surface area contributed by atoms with E-state index in [2.05, 4.69) is 64.9 Å². The minimum absolute atomic E-state index is 0.0396. The molecule has 1 amide bonds. The molecule has 208 valence electrons. The van der Waals surface area contributed by atoms with Crippen LogP contribution < -0.4 is 11.1 Å². The first-order valence-electron chi connectivity index (χ1n) is 14.5. The lowest BCUT2D eigenvalue weighted by Crippen LogP contribution is -2.32. The number of nitrogens with two attached hydrogens (primary N) is 1. The second-order valence-corrected chi connectivity index (χ2v) is 11.5. The number of nitrogens with zero attached hydrogens (tertiary/aromatic N) is 5. The lowest BCUT2D eigenvalue weighted by molar-refractivity contribution is 0.205. The van der Waals surface area contributed by atoms with E-state index in [0.29, 0.717) is 23.3 Å². The van der Waals surface area contributed by atoms with Gasteiger partial charge >= 0.3 is 6.09 Å². The Bertz CT molecular complexity index is 1320. The van der Waals surface area contributed by atoms with Crippen LogP contribution in [0.4, 0.5) is 10.6 Å². The van der Waals surface area contributed by atoms with Crippen molar-refractivity contribution in [3.8, 4) is 0 Å². The number of nitrogens with one attached hydrogen (secondary N) is 1. The number of amidine groups is 1. The first-order valence-corrected chi connectivity index (χ1v) is 14.5. The van der Waals surface area contributed by atoms with Crippen LogP contribution in [0.2, 0.25) is 0 Å². The topological polar surface area (TPSA) is 131 Å². The van der Waals surface area contributed by atoms with Crippen LogP contribution in [0.3, 0.4) is 0 Å². The van der Waals surface area contributed by atoms with Gasteiger partial charge in [-0.25, -0.2) is 19.7 Å². The fourth-order valence-corrected chi connectivity index (χ4v) is 6.18. The Balaban J connectivity index is 1.63. The number of hydrogen-bond acceptors (Lipinski definition) is 5. The normalized spacial score (nSPS) is 21.9. The number of anilines is 1. The van der Waals surface area contributed by atoms with Gasteiger partial charge in [0.15, 0.2) is 23.1 Å². The minimum Gasteiger partial charge on any atom is -0.463 e. The molecule has 2 heterocycles. The van der Waals surface area contributed by atoms with Crippen molar-refractivity contribution < 1.29 is 9.90 Å². The van der Waals surface area contributed by atoms with Crippen molar-refractivity contribution in [2.45, 2.75) is 90.6 Å². The van der Waals surface area contributed by atoms with Gasteiger partial charge in [-0.3, -0.25) is 0 Å². The van der Waals surface area contributed by atoms with Gasteiger partial charge in [-0.2, -0.15) is 4.99 Å². The van der Waals surface area contributed by atoms with Gasteiger partial charge in [0.05, 0.1) is 0 Å². The van der Waals surface area contributed by atoms with Gasteiger partial charge in [-0.1, -0.05) is 69.9 Å². The third kappa shape index (κ3) is 5.92. The summed E-state index contributed by atoms with van der Waals surface area (Å²) in [5, 5.41) is 12.8. The van der Waals surface area contributed by atoms with E-state index >= 15 is 0 Å². The number of carbonyl (C=O) groups is 1. The smallest absolute Gasteiger partial charge is 0.433 e. The summed E-state index contributed by atoms with van der Waals surface area (Å²) in [7, 11) is 0. The van der Waals surface area contributed by atoms with Crippen LogP contribution in [-0.4, -0.2) is 42.6 Å². The first-order chi connectivity index (χ1) is 18.8. The zero-order valence-electron chi connectivity index (χ0n) is 23.3. The van der Waals surface area contributed by atoms with E-state index in [-0.39, 0.29) is 23.6 Å². The molecule has 9 nitrogen and oxygen atoms in total. The molecule has 0 spiro atoms. The van der Waals surface area contributed by atoms with E-state index in [1.165, 1.54) is 56.9 Å². The summed E-state index contributed by atoms with van der Waals surface area (Å²) in [5.74, 6) is 3.44. The van der Waals surface area contributed by atoms with Crippen LogP contribution >= 0.6 is 0 Å². The molecule has 9 heteroatoms. The Labute approximate surface area is 230 Å².